The Labute approximate surface area is 166 Å². The summed E-state index contributed by atoms with van der Waals surface area (Å²) in [6.45, 7) is 5.44. The number of hydroxylamine groups is 2. The van der Waals surface area contributed by atoms with Crippen molar-refractivity contribution in [2.75, 3.05) is 20.2 Å². The zero-order valence-corrected chi connectivity index (χ0v) is 16.3. The van der Waals surface area contributed by atoms with E-state index in [1.165, 1.54) is 5.56 Å². The lowest BCUT2D eigenvalue weighted by Gasteiger charge is -2.51. The van der Waals surface area contributed by atoms with Crippen molar-refractivity contribution in [3.63, 3.8) is 0 Å². The number of piperidine rings is 1. The van der Waals surface area contributed by atoms with E-state index in [9.17, 15) is 4.79 Å². The fourth-order valence-electron chi connectivity index (χ4n) is 5.56. The number of rotatable bonds is 3. The van der Waals surface area contributed by atoms with E-state index in [2.05, 4.69) is 47.9 Å². The van der Waals surface area contributed by atoms with Gasteiger partial charge in [-0.2, -0.15) is 5.06 Å². The van der Waals surface area contributed by atoms with Gasteiger partial charge in [-0.25, -0.2) is 0 Å². The summed E-state index contributed by atoms with van der Waals surface area (Å²) in [4.78, 5) is 22.0. The highest BCUT2D eigenvalue weighted by Gasteiger charge is 2.55. The first-order valence-corrected chi connectivity index (χ1v) is 10.1. The van der Waals surface area contributed by atoms with Gasteiger partial charge in [0.05, 0.1) is 12.6 Å². The predicted molar refractivity (Wildman–Crippen MR) is 109 cm³/mol. The smallest absolute Gasteiger partial charge is 0.238 e. The molecular formula is C24H26N2O2. The minimum atomic E-state index is -0.700. The largest absolute Gasteiger partial charge is 0.334 e. The van der Waals surface area contributed by atoms with E-state index in [1.807, 2.05) is 36.4 Å². The van der Waals surface area contributed by atoms with Crippen molar-refractivity contribution in [3.8, 4) is 0 Å². The van der Waals surface area contributed by atoms with Crippen LogP contribution in [0.1, 0.15) is 35.6 Å². The third-order valence-corrected chi connectivity index (χ3v) is 6.90. The number of carbonyl (C=O) groups is 1. The molecule has 3 aliphatic heterocycles. The molecule has 144 valence electrons. The summed E-state index contributed by atoms with van der Waals surface area (Å²) >= 11 is 0. The van der Waals surface area contributed by atoms with E-state index < -0.39 is 5.41 Å². The second kappa shape index (κ2) is 6.57. The molecule has 0 bridgehead atoms. The lowest BCUT2D eigenvalue weighted by Crippen LogP contribution is -2.58. The molecule has 0 radical (unpaired) electrons. The Kier molecular flexibility index (Phi) is 4.14. The summed E-state index contributed by atoms with van der Waals surface area (Å²) in [5, 5.41) is 2.00. The quantitative estimate of drug-likeness (QED) is 0.768. The summed E-state index contributed by atoms with van der Waals surface area (Å²) in [6, 6.07) is 19.2. The molecule has 1 amide bonds. The SMILES string of the molecule is C=CC[C@]1(c2ccccc2)C(=O)N2C[C@H]3CON(C)[C@H]3C[C@H]2c2ccccc21. The van der Waals surface area contributed by atoms with Crippen molar-refractivity contribution in [1.29, 1.82) is 0 Å². The number of amides is 1. The zero-order valence-electron chi connectivity index (χ0n) is 16.3. The number of carbonyl (C=O) groups excluding carboxylic acids is 1. The van der Waals surface area contributed by atoms with Crippen molar-refractivity contribution in [2.24, 2.45) is 5.92 Å². The van der Waals surface area contributed by atoms with Crippen LogP contribution < -0.4 is 0 Å². The number of allylic oxidation sites excluding steroid dienone is 1. The normalized spacial score (nSPS) is 31.8. The summed E-state index contributed by atoms with van der Waals surface area (Å²) in [6.07, 6.45) is 3.41. The molecular weight excluding hydrogens is 348 g/mol. The van der Waals surface area contributed by atoms with Gasteiger partial charge in [-0.1, -0.05) is 60.7 Å². The molecule has 2 saturated heterocycles. The zero-order chi connectivity index (χ0) is 19.3. The maximum absolute atomic E-state index is 14.1. The maximum Gasteiger partial charge on any atom is 0.238 e. The third-order valence-electron chi connectivity index (χ3n) is 6.90. The van der Waals surface area contributed by atoms with E-state index in [-0.39, 0.29) is 11.9 Å². The second-order valence-electron chi connectivity index (χ2n) is 8.23. The minimum absolute atomic E-state index is 0.107. The number of hydrogen-bond donors (Lipinski definition) is 0. The fourth-order valence-corrected chi connectivity index (χ4v) is 5.56. The van der Waals surface area contributed by atoms with Gasteiger partial charge in [0.15, 0.2) is 0 Å². The Balaban J connectivity index is 1.71. The molecule has 3 heterocycles. The molecule has 2 aromatic rings. The molecule has 2 aromatic carbocycles. The van der Waals surface area contributed by atoms with E-state index in [0.717, 1.165) is 24.1 Å². The van der Waals surface area contributed by atoms with Crippen LogP contribution in [0.2, 0.25) is 0 Å². The van der Waals surface area contributed by atoms with Gasteiger partial charge >= 0.3 is 0 Å². The molecule has 0 N–H and O–H groups in total. The Hall–Kier alpha value is -2.43. The van der Waals surface area contributed by atoms with Crippen LogP contribution >= 0.6 is 0 Å². The highest BCUT2D eigenvalue weighted by atomic mass is 16.7. The first kappa shape index (κ1) is 17.7. The maximum atomic E-state index is 14.1. The molecule has 0 aromatic heterocycles. The molecule has 0 aliphatic carbocycles. The number of hydrogen-bond acceptors (Lipinski definition) is 3. The topological polar surface area (TPSA) is 32.8 Å². The molecule has 4 nitrogen and oxygen atoms in total. The molecule has 2 fully saturated rings. The van der Waals surface area contributed by atoms with Gasteiger partial charge in [0, 0.05) is 25.6 Å². The summed E-state index contributed by atoms with van der Waals surface area (Å²) in [5.41, 5.74) is 2.75. The fraction of sp³-hybridized carbons (Fsp3) is 0.375. The summed E-state index contributed by atoms with van der Waals surface area (Å²) in [7, 11) is 2.02. The molecule has 3 aliphatic rings. The number of benzene rings is 2. The van der Waals surface area contributed by atoms with Gasteiger partial charge < -0.3 is 4.90 Å². The Bertz CT molecular complexity index is 912. The van der Waals surface area contributed by atoms with Gasteiger partial charge in [-0.05, 0) is 29.5 Å². The minimum Gasteiger partial charge on any atom is -0.334 e. The Morgan fingerprint density at radius 2 is 1.93 bits per heavy atom. The first-order valence-electron chi connectivity index (χ1n) is 10.1. The van der Waals surface area contributed by atoms with Crippen molar-refractivity contribution in [2.45, 2.75) is 30.3 Å². The van der Waals surface area contributed by atoms with Gasteiger partial charge in [-0.15, -0.1) is 6.58 Å². The molecule has 5 rings (SSSR count). The average Bonchev–Trinajstić information content (AvgIpc) is 3.11. The molecule has 4 atom stereocenters. The first-order chi connectivity index (χ1) is 13.7. The van der Waals surface area contributed by atoms with Crippen LogP contribution in [0, 0.1) is 5.92 Å². The Morgan fingerprint density at radius 3 is 2.71 bits per heavy atom. The van der Waals surface area contributed by atoms with Crippen LogP contribution in [0.15, 0.2) is 67.3 Å². The standard InChI is InChI=1S/C24H26N2O2/c1-3-13-24(18-9-5-4-6-10-18)20-12-8-7-11-19(20)22-14-21-17(16-28-25(21)2)15-26(22)23(24)27/h3-12,17,21-22H,1,13-16H2,2H3/t17-,21-,22-,24+/m0/s1. The van der Waals surface area contributed by atoms with Gasteiger partial charge in [0.1, 0.15) is 5.41 Å². The van der Waals surface area contributed by atoms with Crippen LogP contribution in [-0.2, 0) is 15.0 Å². The highest BCUT2D eigenvalue weighted by Crippen LogP contribution is 2.51. The molecule has 4 heteroatoms. The average molecular weight is 374 g/mol. The van der Waals surface area contributed by atoms with Crippen LogP contribution in [-0.4, -0.2) is 42.1 Å². The number of fused-ring (bicyclic) bond motifs is 4. The van der Waals surface area contributed by atoms with E-state index in [0.29, 0.717) is 25.0 Å². The molecule has 0 spiro atoms. The van der Waals surface area contributed by atoms with Crippen LogP contribution in [0.3, 0.4) is 0 Å². The van der Waals surface area contributed by atoms with Gasteiger partial charge in [-0.3, -0.25) is 9.63 Å². The Morgan fingerprint density at radius 1 is 1.18 bits per heavy atom. The van der Waals surface area contributed by atoms with Crippen molar-refractivity contribution in [1.82, 2.24) is 9.96 Å². The van der Waals surface area contributed by atoms with Crippen LogP contribution in [0.4, 0.5) is 0 Å². The predicted octanol–water partition coefficient (Wildman–Crippen LogP) is 3.70. The molecule has 0 saturated carbocycles. The second-order valence-corrected chi connectivity index (χ2v) is 8.23. The monoisotopic (exact) mass is 374 g/mol. The van der Waals surface area contributed by atoms with Gasteiger partial charge in [0.25, 0.3) is 0 Å². The van der Waals surface area contributed by atoms with Gasteiger partial charge in [0.2, 0.25) is 5.91 Å². The molecule has 0 unspecified atom stereocenters. The van der Waals surface area contributed by atoms with Crippen molar-refractivity contribution < 1.29 is 9.63 Å². The summed E-state index contributed by atoms with van der Waals surface area (Å²) in [5.74, 6) is 0.572. The lowest BCUT2D eigenvalue weighted by molar-refractivity contribution is -0.145. The van der Waals surface area contributed by atoms with Crippen molar-refractivity contribution >= 4 is 5.91 Å². The van der Waals surface area contributed by atoms with Crippen molar-refractivity contribution in [3.05, 3.63) is 83.9 Å². The van der Waals surface area contributed by atoms with Crippen LogP contribution in [0.5, 0.6) is 0 Å². The molecule has 28 heavy (non-hydrogen) atoms. The van der Waals surface area contributed by atoms with E-state index >= 15 is 0 Å². The third kappa shape index (κ3) is 2.34. The summed E-state index contributed by atoms with van der Waals surface area (Å²) < 4.78 is 0. The highest BCUT2D eigenvalue weighted by molar-refractivity contribution is 5.95. The number of nitrogens with zero attached hydrogens (tertiary/aromatic N) is 2. The van der Waals surface area contributed by atoms with E-state index in [4.69, 9.17) is 4.84 Å². The van der Waals surface area contributed by atoms with E-state index in [1.54, 1.807) is 0 Å². The van der Waals surface area contributed by atoms with Crippen LogP contribution in [0.25, 0.3) is 0 Å². The lowest BCUT2D eigenvalue weighted by atomic mass is 9.64.